The molecule has 0 saturated heterocycles. The quantitative estimate of drug-likeness (QED) is 0.233. The van der Waals surface area contributed by atoms with E-state index in [0.717, 1.165) is 29.6 Å². The highest BCUT2D eigenvalue weighted by molar-refractivity contribution is 6.15. The molecule has 0 aliphatic heterocycles. The van der Waals surface area contributed by atoms with Crippen LogP contribution in [0.5, 0.6) is 0 Å². The normalized spacial score (nSPS) is 12.9. The van der Waals surface area contributed by atoms with Crippen molar-refractivity contribution in [3.8, 4) is 17.4 Å². The number of hydrogen-bond acceptors (Lipinski definition) is 1. The molecule has 3 nitrogen and oxygen atoms in total. The SMILES string of the molecule is N#Cc1cccc(-n2c3ccccc3c3c(C4=Cc5c(n(-c6ccccc6)c6ccccc56)CC4)cccc32)c1. The van der Waals surface area contributed by atoms with Crippen LogP contribution in [0, 0.1) is 11.3 Å². The Hall–Kier alpha value is -5.33. The molecule has 2 heterocycles. The Morgan fingerprint density at radius 2 is 1.25 bits per heavy atom. The lowest BCUT2D eigenvalue weighted by Gasteiger charge is -2.18. The van der Waals surface area contributed by atoms with E-state index in [2.05, 4.69) is 124 Å². The molecular formula is C37H25N3. The largest absolute Gasteiger partial charge is 0.313 e. The third kappa shape index (κ3) is 3.30. The van der Waals surface area contributed by atoms with Crippen molar-refractivity contribution in [2.24, 2.45) is 0 Å². The lowest BCUT2D eigenvalue weighted by Crippen LogP contribution is -2.05. The van der Waals surface area contributed by atoms with Gasteiger partial charge in [-0.1, -0.05) is 72.8 Å². The molecular weight excluding hydrogens is 486 g/mol. The minimum absolute atomic E-state index is 0.664. The summed E-state index contributed by atoms with van der Waals surface area (Å²) in [6.45, 7) is 0. The van der Waals surface area contributed by atoms with Crippen molar-refractivity contribution in [2.45, 2.75) is 12.8 Å². The first-order valence-electron chi connectivity index (χ1n) is 13.7. The van der Waals surface area contributed by atoms with Gasteiger partial charge in [-0.15, -0.1) is 0 Å². The van der Waals surface area contributed by atoms with E-state index in [1.165, 1.54) is 49.8 Å². The number of nitriles is 1. The lowest BCUT2D eigenvalue weighted by molar-refractivity contribution is 0.898. The molecule has 8 rings (SSSR count). The first-order valence-corrected chi connectivity index (χ1v) is 13.7. The van der Waals surface area contributed by atoms with Crippen LogP contribution < -0.4 is 0 Å². The van der Waals surface area contributed by atoms with Gasteiger partial charge in [0.05, 0.1) is 28.2 Å². The monoisotopic (exact) mass is 511 g/mol. The number of nitrogens with zero attached hydrogens (tertiary/aromatic N) is 3. The number of hydrogen-bond donors (Lipinski definition) is 0. The molecule has 0 atom stereocenters. The summed E-state index contributed by atoms with van der Waals surface area (Å²) in [5, 5.41) is 13.4. The molecule has 0 bridgehead atoms. The van der Waals surface area contributed by atoms with Gasteiger partial charge in [0.2, 0.25) is 0 Å². The molecule has 0 amide bonds. The smallest absolute Gasteiger partial charge is 0.0992 e. The van der Waals surface area contributed by atoms with Crippen LogP contribution in [-0.2, 0) is 6.42 Å². The number of para-hydroxylation sites is 3. The summed E-state index contributed by atoms with van der Waals surface area (Å²) >= 11 is 0. The molecule has 7 aromatic rings. The second-order valence-electron chi connectivity index (χ2n) is 10.4. The van der Waals surface area contributed by atoms with E-state index in [0.29, 0.717) is 5.56 Å². The van der Waals surface area contributed by atoms with Crippen LogP contribution in [0.1, 0.15) is 28.8 Å². The molecule has 5 aromatic carbocycles. The Labute approximate surface area is 232 Å². The predicted octanol–water partition coefficient (Wildman–Crippen LogP) is 9.09. The zero-order valence-corrected chi connectivity index (χ0v) is 21.9. The summed E-state index contributed by atoms with van der Waals surface area (Å²) in [6, 6.07) is 44.9. The molecule has 1 aliphatic rings. The van der Waals surface area contributed by atoms with Crippen molar-refractivity contribution in [3.63, 3.8) is 0 Å². The maximum atomic E-state index is 9.56. The van der Waals surface area contributed by atoms with E-state index in [-0.39, 0.29) is 0 Å². The topological polar surface area (TPSA) is 33.6 Å². The van der Waals surface area contributed by atoms with Crippen LogP contribution in [0.2, 0.25) is 0 Å². The second kappa shape index (κ2) is 8.86. The zero-order valence-electron chi connectivity index (χ0n) is 21.9. The van der Waals surface area contributed by atoms with Gasteiger partial charge in [-0.25, -0.2) is 0 Å². The van der Waals surface area contributed by atoms with Gasteiger partial charge >= 0.3 is 0 Å². The molecule has 0 saturated carbocycles. The maximum Gasteiger partial charge on any atom is 0.0992 e. The maximum absolute atomic E-state index is 9.56. The summed E-state index contributed by atoms with van der Waals surface area (Å²) in [5.41, 5.74) is 11.8. The fraction of sp³-hybridized carbons (Fsp3) is 0.0541. The van der Waals surface area contributed by atoms with E-state index >= 15 is 0 Å². The zero-order chi connectivity index (χ0) is 26.6. The molecule has 0 unspecified atom stereocenters. The Bertz CT molecular complexity index is 2170. The minimum Gasteiger partial charge on any atom is -0.313 e. The van der Waals surface area contributed by atoms with Crippen LogP contribution in [0.3, 0.4) is 0 Å². The average molecular weight is 512 g/mol. The Morgan fingerprint density at radius 1 is 0.575 bits per heavy atom. The Balaban J connectivity index is 1.39. The van der Waals surface area contributed by atoms with Gasteiger partial charge in [0.1, 0.15) is 0 Å². The van der Waals surface area contributed by atoms with Crippen LogP contribution in [0.4, 0.5) is 0 Å². The molecule has 188 valence electrons. The molecule has 3 heteroatoms. The van der Waals surface area contributed by atoms with Gasteiger partial charge in [-0.3, -0.25) is 0 Å². The van der Waals surface area contributed by atoms with Gasteiger partial charge < -0.3 is 9.13 Å². The van der Waals surface area contributed by atoms with E-state index in [9.17, 15) is 5.26 Å². The highest BCUT2D eigenvalue weighted by Crippen LogP contribution is 2.42. The van der Waals surface area contributed by atoms with Crippen LogP contribution >= 0.6 is 0 Å². The molecule has 0 radical (unpaired) electrons. The average Bonchev–Trinajstić information content (AvgIpc) is 3.54. The van der Waals surface area contributed by atoms with Crippen molar-refractivity contribution in [1.82, 2.24) is 9.13 Å². The highest BCUT2D eigenvalue weighted by atomic mass is 15.0. The van der Waals surface area contributed by atoms with Crippen LogP contribution in [0.15, 0.2) is 121 Å². The number of rotatable bonds is 3. The molecule has 0 N–H and O–H groups in total. The summed E-state index contributed by atoms with van der Waals surface area (Å²) in [4.78, 5) is 0. The lowest BCUT2D eigenvalue weighted by atomic mass is 9.89. The van der Waals surface area contributed by atoms with Gasteiger partial charge in [0.15, 0.2) is 0 Å². The van der Waals surface area contributed by atoms with E-state index < -0.39 is 0 Å². The van der Waals surface area contributed by atoms with Gasteiger partial charge in [0, 0.05) is 38.8 Å². The molecule has 2 aromatic heterocycles. The summed E-state index contributed by atoms with van der Waals surface area (Å²) in [5.74, 6) is 0. The molecule has 0 spiro atoms. The Kier molecular flexibility index (Phi) is 5.02. The Morgan fingerprint density at radius 3 is 2.08 bits per heavy atom. The van der Waals surface area contributed by atoms with Crippen molar-refractivity contribution >= 4 is 44.4 Å². The second-order valence-corrected chi connectivity index (χ2v) is 10.4. The third-order valence-electron chi connectivity index (χ3n) is 8.26. The summed E-state index contributed by atoms with van der Waals surface area (Å²) in [7, 11) is 0. The van der Waals surface area contributed by atoms with E-state index in [4.69, 9.17) is 0 Å². The van der Waals surface area contributed by atoms with Gasteiger partial charge in [-0.05, 0) is 78.6 Å². The summed E-state index contributed by atoms with van der Waals surface area (Å²) in [6.07, 6.45) is 4.38. The van der Waals surface area contributed by atoms with E-state index in [1.54, 1.807) is 0 Å². The van der Waals surface area contributed by atoms with E-state index in [1.807, 2.05) is 18.2 Å². The number of aromatic nitrogens is 2. The van der Waals surface area contributed by atoms with Crippen molar-refractivity contribution in [3.05, 3.63) is 144 Å². The molecule has 40 heavy (non-hydrogen) atoms. The van der Waals surface area contributed by atoms with Crippen molar-refractivity contribution in [2.75, 3.05) is 0 Å². The predicted molar refractivity (Wildman–Crippen MR) is 165 cm³/mol. The minimum atomic E-state index is 0.664. The highest BCUT2D eigenvalue weighted by Gasteiger charge is 2.23. The standard InChI is InChI=1S/C37H25N3/c38-24-25-10-8-13-28(22-25)40-34-18-7-5-15-31(34)37-29(16-9-19-36(37)40)26-20-21-35-32(23-26)30-14-4-6-17-33(30)39(35)27-11-2-1-3-12-27/h1-19,22-23H,20-21H2. The van der Waals surface area contributed by atoms with Gasteiger partial charge in [-0.2, -0.15) is 5.26 Å². The van der Waals surface area contributed by atoms with Crippen LogP contribution in [-0.4, -0.2) is 9.13 Å². The number of fused-ring (bicyclic) bond motifs is 6. The van der Waals surface area contributed by atoms with Crippen molar-refractivity contribution in [1.29, 1.82) is 5.26 Å². The first-order chi connectivity index (χ1) is 19.8. The number of allylic oxidation sites excluding steroid dienone is 1. The summed E-state index contributed by atoms with van der Waals surface area (Å²) < 4.78 is 4.73. The fourth-order valence-corrected chi connectivity index (χ4v) is 6.59. The number of benzene rings is 5. The first kappa shape index (κ1) is 22.6. The fourth-order valence-electron chi connectivity index (χ4n) is 6.59. The van der Waals surface area contributed by atoms with Crippen molar-refractivity contribution < 1.29 is 0 Å². The molecule has 1 aliphatic carbocycles. The van der Waals surface area contributed by atoms with Gasteiger partial charge in [0.25, 0.3) is 0 Å². The molecule has 0 fully saturated rings. The van der Waals surface area contributed by atoms with Crippen LogP contribution in [0.25, 0.3) is 55.7 Å². The third-order valence-corrected chi connectivity index (χ3v) is 8.26.